The van der Waals surface area contributed by atoms with Crippen molar-refractivity contribution in [3.8, 4) is 0 Å². The molecule has 0 heterocycles. The summed E-state index contributed by atoms with van der Waals surface area (Å²) in [6.07, 6.45) is 38.0. The normalized spacial score (nSPS) is 14.7. The SMILES string of the molecule is CCC(C)CCCCCCCCCCCCCCCCC(=O)O[C@H](COC(=O)CCCCCCCCC(C)C)COP(=O)(O)OCC(O)COP(=O)(O)OC[C@@H](COC(=O)CCCCCCCCCC(C)C)OC(=O)CCCCCCCCC(C)C. The Morgan fingerprint density at radius 2 is 0.558 bits per heavy atom. The summed E-state index contributed by atoms with van der Waals surface area (Å²) in [7, 11) is -9.89. The molecule has 0 aromatic heterocycles. The predicted molar refractivity (Wildman–Crippen MR) is 344 cm³/mol. The van der Waals surface area contributed by atoms with Gasteiger partial charge in [0.15, 0.2) is 12.2 Å². The molecule has 0 aromatic carbocycles. The van der Waals surface area contributed by atoms with Gasteiger partial charge in [-0.05, 0) is 49.4 Å². The minimum Gasteiger partial charge on any atom is -0.462 e. The van der Waals surface area contributed by atoms with Crippen molar-refractivity contribution in [3.63, 3.8) is 0 Å². The Balaban J connectivity index is 5.19. The lowest BCUT2D eigenvalue weighted by molar-refractivity contribution is -0.161. The van der Waals surface area contributed by atoms with Crippen molar-refractivity contribution < 1.29 is 80.2 Å². The molecule has 4 unspecified atom stereocenters. The van der Waals surface area contributed by atoms with Gasteiger partial charge in [0.05, 0.1) is 26.4 Å². The zero-order chi connectivity index (χ0) is 63.9. The highest BCUT2D eigenvalue weighted by Gasteiger charge is 2.30. The molecule has 86 heavy (non-hydrogen) atoms. The van der Waals surface area contributed by atoms with Crippen LogP contribution in [-0.4, -0.2) is 96.7 Å². The number of phosphoric acid groups is 2. The number of ether oxygens (including phenoxy) is 4. The number of phosphoric ester groups is 2. The molecule has 0 spiro atoms. The summed E-state index contributed by atoms with van der Waals surface area (Å²) in [4.78, 5) is 72.3. The molecule has 0 fully saturated rings. The lowest BCUT2D eigenvalue weighted by atomic mass is 9.99. The van der Waals surface area contributed by atoms with E-state index in [4.69, 9.17) is 37.0 Å². The molecule has 510 valence electrons. The van der Waals surface area contributed by atoms with Gasteiger partial charge >= 0.3 is 39.5 Å². The number of hydrogen-bond acceptors (Lipinski definition) is 15. The van der Waals surface area contributed by atoms with E-state index in [9.17, 15) is 43.2 Å². The standard InChI is InChI=1S/C67H130O17P2/c1-9-60(8)46-38-30-20-16-14-12-10-11-13-15-17-21-33-41-49-66(71)83-62(54-78-65(70)48-40-32-25-23-28-36-44-58(4)5)55-81-85(73,74)79-51-61(68)52-80-86(75,76)82-56-63(84-67(72)50-42-34-26-24-29-37-45-59(6)7)53-77-64(69)47-39-31-22-18-19-27-35-43-57(2)3/h57-63,68H,9-56H2,1-8H3,(H,73,74)(H,75,76)/t60?,61?,62-,63-/m1/s1. The van der Waals surface area contributed by atoms with Crippen molar-refractivity contribution in [1.82, 2.24) is 0 Å². The van der Waals surface area contributed by atoms with Crippen LogP contribution in [-0.2, 0) is 65.4 Å². The molecule has 0 aliphatic carbocycles. The molecule has 0 aliphatic heterocycles. The second kappa shape index (κ2) is 57.0. The van der Waals surface area contributed by atoms with Crippen molar-refractivity contribution in [2.45, 2.75) is 343 Å². The van der Waals surface area contributed by atoms with Crippen LogP contribution in [0.2, 0.25) is 0 Å². The van der Waals surface area contributed by atoms with Gasteiger partial charge in [0.1, 0.15) is 19.3 Å². The summed E-state index contributed by atoms with van der Waals surface area (Å²) >= 11 is 0. The van der Waals surface area contributed by atoms with E-state index in [1.165, 1.54) is 116 Å². The first-order chi connectivity index (χ1) is 41.1. The summed E-state index contributed by atoms with van der Waals surface area (Å²) in [6, 6.07) is 0. The predicted octanol–water partition coefficient (Wildman–Crippen LogP) is 18.5. The number of hydrogen-bond donors (Lipinski definition) is 3. The van der Waals surface area contributed by atoms with E-state index in [-0.39, 0.29) is 25.7 Å². The van der Waals surface area contributed by atoms with Gasteiger partial charge in [-0.25, -0.2) is 9.13 Å². The van der Waals surface area contributed by atoms with Crippen molar-refractivity contribution in [3.05, 3.63) is 0 Å². The first-order valence-electron chi connectivity index (χ1n) is 34.7. The molecule has 17 nitrogen and oxygen atoms in total. The van der Waals surface area contributed by atoms with Crippen LogP contribution in [0.5, 0.6) is 0 Å². The molecule has 3 N–H and O–H groups in total. The molecule has 0 saturated carbocycles. The van der Waals surface area contributed by atoms with Gasteiger partial charge in [0.25, 0.3) is 0 Å². The second-order valence-electron chi connectivity index (χ2n) is 25.9. The monoisotopic (exact) mass is 1270 g/mol. The average Bonchev–Trinajstić information content (AvgIpc) is 3.68. The van der Waals surface area contributed by atoms with Crippen molar-refractivity contribution >= 4 is 39.5 Å². The molecule has 0 amide bonds. The number of aliphatic hydroxyl groups is 1. The average molecular weight is 1270 g/mol. The molecule has 19 heteroatoms. The fourth-order valence-electron chi connectivity index (χ4n) is 9.93. The first kappa shape index (κ1) is 84.1. The topological polar surface area (TPSA) is 237 Å². The van der Waals surface area contributed by atoms with E-state index >= 15 is 0 Å². The van der Waals surface area contributed by atoms with Crippen LogP contribution in [0.4, 0.5) is 0 Å². The van der Waals surface area contributed by atoms with E-state index in [0.717, 1.165) is 109 Å². The highest BCUT2D eigenvalue weighted by Crippen LogP contribution is 2.45. The third-order valence-corrected chi connectivity index (χ3v) is 17.6. The van der Waals surface area contributed by atoms with Crippen LogP contribution < -0.4 is 0 Å². The maximum Gasteiger partial charge on any atom is 0.472 e. The molecule has 0 radical (unpaired) electrons. The Labute approximate surface area is 524 Å². The zero-order valence-corrected chi connectivity index (χ0v) is 57.7. The summed E-state index contributed by atoms with van der Waals surface area (Å²) in [5.74, 6) is 0.759. The molecular weight excluding hydrogens is 1140 g/mol. The lowest BCUT2D eigenvalue weighted by Crippen LogP contribution is -2.30. The lowest BCUT2D eigenvalue weighted by Gasteiger charge is -2.21. The van der Waals surface area contributed by atoms with Gasteiger partial charge in [-0.1, -0.05) is 274 Å². The van der Waals surface area contributed by atoms with Crippen LogP contribution in [0.1, 0.15) is 325 Å². The molecular formula is C67H130O17P2. The number of rotatable bonds is 64. The molecule has 0 saturated heterocycles. The van der Waals surface area contributed by atoms with E-state index in [0.29, 0.717) is 43.4 Å². The van der Waals surface area contributed by atoms with Gasteiger partial charge in [-0.15, -0.1) is 0 Å². The van der Waals surface area contributed by atoms with Gasteiger partial charge in [0.2, 0.25) is 0 Å². The number of esters is 4. The van der Waals surface area contributed by atoms with E-state index in [1.807, 2.05) is 0 Å². The van der Waals surface area contributed by atoms with E-state index in [1.54, 1.807) is 0 Å². The minimum atomic E-state index is -4.95. The third-order valence-electron chi connectivity index (χ3n) is 15.7. The Kier molecular flexibility index (Phi) is 55.7. The molecule has 6 atom stereocenters. The number of carbonyl (C=O) groups is 4. The summed E-state index contributed by atoms with van der Waals surface area (Å²) in [6.45, 7) is 13.9. The van der Waals surface area contributed by atoms with Crippen LogP contribution in [0.3, 0.4) is 0 Å². The molecule has 0 aromatic rings. The minimum absolute atomic E-state index is 0.101. The van der Waals surface area contributed by atoms with Gasteiger partial charge in [0, 0.05) is 25.7 Å². The Hall–Kier alpha value is -1.94. The fraction of sp³-hybridized carbons (Fsp3) is 0.940. The quantitative estimate of drug-likeness (QED) is 0.0222. The fourth-order valence-corrected chi connectivity index (χ4v) is 11.5. The van der Waals surface area contributed by atoms with Crippen LogP contribution in [0, 0.1) is 23.7 Å². The van der Waals surface area contributed by atoms with Crippen molar-refractivity contribution in [2.75, 3.05) is 39.6 Å². The molecule has 0 bridgehead atoms. The number of carbonyl (C=O) groups excluding carboxylic acids is 4. The van der Waals surface area contributed by atoms with Gasteiger partial charge < -0.3 is 33.8 Å². The van der Waals surface area contributed by atoms with E-state index in [2.05, 4.69) is 55.4 Å². The first-order valence-corrected chi connectivity index (χ1v) is 37.7. The van der Waals surface area contributed by atoms with Gasteiger partial charge in [-0.2, -0.15) is 0 Å². The van der Waals surface area contributed by atoms with Crippen LogP contribution in [0.25, 0.3) is 0 Å². The second-order valence-corrected chi connectivity index (χ2v) is 28.8. The van der Waals surface area contributed by atoms with Crippen LogP contribution >= 0.6 is 15.6 Å². The zero-order valence-electron chi connectivity index (χ0n) is 55.9. The van der Waals surface area contributed by atoms with Gasteiger partial charge in [-0.3, -0.25) is 37.3 Å². The molecule has 0 aliphatic rings. The maximum atomic E-state index is 13.0. The van der Waals surface area contributed by atoms with Crippen molar-refractivity contribution in [2.24, 2.45) is 23.7 Å². The third kappa shape index (κ3) is 59.7. The Bertz CT molecular complexity index is 1720. The van der Waals surface area contributed by atoms with Crippen molar-refractivity contribution in [1.29, 1.82) is 0 Å². The maximum absolute atomic E-state index is 13.0. The molecule has 0 rings (SSSR count). The van der Waals surface area contributed by atoms with E-state index < -0.39 is 97.5 Å². The highest BCUT2D eigenvalue weighted by atomic mass is 31.2. The largest absolute Gasteiger partial charge is 0.472 e. The summed E-state index contributed by atoms with van der Waals surface area (Å²) in [5.41, 5.74) is 0. The summed E-state index contributed by atoms with van der Waals surface area (Å²) in [5, 5.41) is 10.5. The van der Waals surface area contributed by atoms with Crippen LogP contribution in [0.15, 0.2) is 0 Å². The number of unbranched alkanes of at least 4 members (excludes halogenated alkanes) is 29. The Morgan fingerprint density at radius 3 is 0.826 bits per heavy atom. The highest BCUT2D eigenvalue weighted by molar-refractivity contribution is 7.47. The Morgan fingerprint density at radius 1 is 0.326 bits per heavy atom. The summed E-state index contributed by atoms with van der Waals surface area (Å²) < 4.78 is 68.0. The smallest absolute Gasteiger partial charge is 0.462 e. The number of aliphatic hydroxyl groups excluding tert-OH is 1.